The molecule has 32 heavy (non-hydrogen) atoms. The first-order chi connectivity index (χ1) is 15.6. The summed E-state index contributed by atoms with van der Waals surface area (Å²) in [6, 6.07) is 20.3. The first-order valence-corrected chi connectivity index (χ1v) is 10.6. The second-order valence-corrected chi connectivity index (χ2v) is 7.84. The van der Waals surface area contributed by atoms with Crippen molar-refractivity contribution in [3.63, 3.8) is 0 Å². The van der Waals surface area contributed by atoms with Crippen LogP contribution in [0.15, 0.2) is 75.9 Å². The van der Waals surface area contributed by atoms with Gasteiger partial charge in [0.05, 0.1) is 11.1 Å². The van der Waals surface area contributed by atoms with Crippen LogP contribution in [-0.2, 0) is 0 Å². The van der Waals surface area contributed by atoms with Gasteiger partial charge in [0.25, 0.3) is 5.91 Å². The zero-order valence-electron chi connectivity index (χ0n) is 17.7. The van der Waals surface area contributed by atoms with Crippen LogP contribution in [0.2, 0.25) is 0 Å². The number of hydrogen-bond acceptors (Lipinski definition) is 6. The summed E-state index contributed by atoms with van der Waals surface area (Å²) in [6.07, 6.45) is 0. The van der Waals surface area contributed by atoms with Gasteiger partial charge in [-0.2, -0.15) is 0 Å². The summed E-state index contributed by atoms with van der Waals surface area (Å²) in [7, 11) is 0. The molecule has 5 rings (SSSR count). The normalized spacial score (nSPS) is 14.0. The van der Waals surface area contributed by atoms with E-state index in [1.165, 1.54) is 6.07 Å². The lowest BCUT2D eigenvalue weighted by atomic mass is 10.1. The Labute approximate surface area is 184 Å². The molecule has 0 bridgehead atoms. The molecule has 1 amide bonds. The van der Waals surface area contributed by atoms with Crippen molar-refractivity contribution in [1.82, 2.24) is 15.1 Å². The van der Waals surface area contributed by atoms with Gasteiger partial charge in [0, 0.05) is 37.8 Å². The highest BCUT2D eigenvalue weighted by Crippen LogP contribution is 2.22. The highest BCUT2D eigenvalue weighted by Gasteiger charge is 2.25. The number of fused-ring (bicyclic) bond motifs is 1. The molecule has 0 unspecified atom stereocenters. The first-order valence-electron chi connectivity index (χ1n) is 10.6. The summed E-state index contributed by atoms with van der Waals surface area (Å²) in [6.45, 7) is 4.33. The summed E-state index contributed by atoms with van der Waals surface area (Å²) in [4.78, 5) is 29.1. The van der Waals surface area contributed by atoms with Crippen molar-refractivity contribution in [2.24, 2.45) is 0 Å². The van der Waals surface area contributed by atoms with Gasteiger partial charge in [0.1, 0.15) is 5.58 Å². The van der Waals surface area contributed by atoms with E-state index in [-0.39, 0.29) is 17.1 Å². The number of nitrogens with zero attached hydrogens (tertiary/aromatic N) is 4. The average Bonchev–Trinajstić information content (AvgIpc) is 2.84. The minimum Gasteiger partial charge on any atom is -0.451 e. The molecule has 2 aromatic carbocycles. The second kappa shape index (κ2) is 8.26. The number of aromatic nitrogens is 2. The Morgan fingerprint density at radius 3 is 2.41 bits per heavy atom. The Morgan fingerprint density at radius 1 is 0.906 bits per heavy atom. The number of anilines is 1. The fourth-order valence-electron chi connectivity index (χ4n) is 4.00. The molecule has 0 spiro atoms. The van der Waals surface area contributed by atoms with Crippen molar-refractivity contribution in [2.45, 2.75) is 6.92 Å². The molecule has 0 saturated carbocycles. The average molecular weight is 426 g/mol. The maximum absolute atomic E-state index is 12.9. The maximum atomic E-state index is 12.9. The van der Waals surface area contributed by atoms with Gasteiger partial charge in [-0.05, 0) is 36.8 Å². The molecule has 1 fully saturated rings. The molecular formula is C25H22N4O3. The lowest BCUT2D eigenvalue weighted by molar-refractivity contribution is 0.0715. The van der Waals surface area contributed by atoms with Crippen molar-refractivity contribution < 1.29 is 9.21 Å². The number of carbonyl (C=O) groups is 1. The predicted octanol–water partition coefficient (Wildman–Crippen LogP) is 3.52. The molecule has 0 radical (unpaired) electrons. The summed E-state index contributed by atoms with van der Waals surface area (Å²) >= 11 is 0. The smallest absolute Gasteiger partial charge is 0.289 e. The van der Waals surface area contributed by atoms with Crippen LogP contribution in [0.4, 0.5) is 5.82 Å². The third-order valence-electron chi connectivity index (χ3n) is 5.81. The zero-order valence-corrected chi connectivity index (χ0v) is 17.7. The van der Waals surface area contributed by atoms with Crippen molar-refractivity contribution in [2.75, 3.05) is 31.1 Å². The van der Waals surface area contributed by atoms with Gasteiger partial charge in [0.15, 0.2) is 17.0 Å². The quantitative estimate of drug-likeness (QED) is 0.499. The lowest BCUT2D eigenvalue weighted by Gasteiger charge is -2.34. The number of carbonyl (C=O) groups excluding carboxylic acids is 1. The molecule has 3 heterocycles. The SMILES string of the molecule is Cc1ccccc1-c1ccc(N2CCN(C(=O)c3cc(=O)c4ccccc4o3)CC2)nn1. The molecular weight excluding hydrogens is 404 g/mol. The van der Waals surface area contributed by atoms with Gasteiger partial charge in [-0.25, -0.2) is 0 Å². The van der Waals surface area contributed by atoms with E-state index in [9.17, 15) is 9.59 Å². The first kappa shape index (κ1) is 19.9. The van der Waals surface area contributed by atoms with E-state index in [1.54, 1.807) is 29.2 Å². The van der Waals surface area contributed by atoms with Crippen LogP contribution in [0.5, 0.6) is 0 Å². The van der Waals surface area contributed by atoms with Crippen LogP contribution in [-0.4, -0.2) is 47.2 Å². The molecule has 1 saturated heterocycles. The molecule has 1 aliphatic heterocycles. The molecule has 0 aliphatic carbocycles. The van der Waals surface area contributed by atoms with Gasteiger partial charge in [-0.15, -0.1) is 10.2 Å². The number of piperazine rings is 1. The summed E-state index contributed by atoms with van der Waals surface area (Å²) < 4.78 is 5.71. The Balaban J connectivity index is 1.27. The van der Waals surface area contributed by atoms with Crippen LogP contribution in [0.25, 0.3) is 22.2 Å². The molecule has 4 aromatic rings. The number of para-hydroxylation sites is 1. The summed E-state index contributed by atoms with van der Waals surface area (Å²) in [5.74, 6) is 0.588. The van der Waals surface area contributed by atoms with Crippen molar-refractivity contribution >= 4 is 22.7 Å². The Kier molecular flexibility index (Phi) is 5.15. The lowest BCUT2D eigenvalue weighted by Crippen LogP contribution is -2.49. The molecule has 0 atom stereocenters. The number of benzene rings is 2. The van der Waals surface area contributed by atoms with E-state index < -0.39 is 0 Å². The minimum atomic E-state index is -0.270. The Hall–Kier alpha value is -4.00. The molecule has 7 heteroatoms. The van der Waals surface area contributed by atoms with Gasteiger partial charge in [0.2, 0.25) is 0 Å². The largest absolute Gasteiger partial charge is 0.451 e. The Morgan fingerprint density at radius 2 is 1.66 bits per heavy atom. The molecule has 0 N–H and O–H groups in total. The summed E-state index contributed by atoms with van der Waals surface area (Å²) in [5.41, 5.74) is 3.27. The van der Waals surface area contributed by atoms with Crippen LogP contribution in [0, 0.1) is 6.92 Å². The summed E-state index contributed by atoms with van der Waals surface area (Å²) in [5, 5.41) is 9.28. The van der Waals surface area contributed by atoms with E-state index in [1.807, 2.05) is 30.3 Å². The Bertz CT molecular complexity index is 1340. The van der Waals surface area contributed by atoms with E-state index >= 15 is 0 Å². The minimum absolute atomic E-state index is 0.0736. The third kappa shape index (κ3) is 3.73. The van der Waals surface area contributed by atoms with Crippen molar-refractivity contribution in [1.29, 1.82) is 0 Å². The van der Waals surface area contributed by atoms with E-state index in [4.69, 9.17) is 4.42 Å². The fourth-order valence-corrected chi connectivity index (χ4v) is 4.00. The fraction of sp³-hybridized carbons (Fsp3) is 0.200. The molecule has 7 nitrogen and oxygen atoms in total. The van der Waals surface area contributed by atoms with E-state index in [2.05, 4.69) is 28.1 Å². The molecule has 160 valence electrons. The highest BCUT2D eigenvalue weighted by atomic mass is 16.3. The maximum Gasteiger partial charge on any atom is 0.289 e. The van der Waals surface area contributed by atoms with Gasteiger partial charge in [-0.1, -0.05) is 36.4 Å². The van der Waals surface area contributed by atoms with Crippen LogP contribution in [0.1, 0.15) is 16.1 Å². The molecule has 2 aromatic heterocycles. The van der Waals surface area contributed by atoms with E-state index in [0.29, 0.717) is 37.1 Å². The highest BCUT2D eigenvalue weighted by molar-refractivity contribution is 5.93. The van der Waals surface area contributed by atoms with Gasteiger partial charge < -0.3 is 14.2 Å². The monoisotopic (exact) mass is 426 g/mol. The number of amides is 1. The topological polar surface area (TPSA) is 79.5 Å². The van der Waals surface area contributed by atoms with Crippen LogP contribution < -0.4 is 10.3 Å². The van der Waals surface area contributed by atoms with E-state index in [0.717, 1.165) is 22.6 Å². The predicted molar refractivity (Wildman–Crippen MR) is 123 cm³/mol. The van der Waals surface area contributed by atoms with Crippen LogP contribution >= 0.6 is 0 Å². The van der Waals surface area contributed by atoms with Crippen molar-refractivity contribution in [3.8, 4) is 11.3 Å². The molecule has 1 aliphatic rings. The van der Waals surface area contributed by atoms with Gasteiger partial charge in [-0.3, -0.25) is 9.59 Å². The standard InChI is InChI=1S/C25H22N4O3/c1-17-6-2-3-7-18(17)20-10-11-24(27-26-20)28-12-14-29(15-13-28)25(31)23-16-21(30)19-8-4-5-9-22(19)32-23/h2-11,16H,12-15H2,1H3. The van der Waals surface area contributed by atoms with Crippen LogP contribution in [0.3, 0.4) is 0 Å². The second-order valence-electron chi connectivity index (χ2n) is 7.84. The van der Waals surface area contributed by atoms with Gasteiger partial charge >= 0.3 is 0 Å². The number of aryl methyl sites for hydroxylation is 1. The number of rotatable bonds is 3. The van der Waals surface area contributed by atoms with Crippen molar-refractivity contribution in [3.05, 3.63) is 88.3 Å². The number of hydrogen-bond donors (Lipinski definition) is 0. The zero-order chi connectivity index (χ0) is 22.1. The third-order valence-corrected chi connectivity index (χ3v) is 5.81.